The van der Waals surface area contributed by atoms with Gasteiger partial charge in [0.25, 0.3) is 0 Å². The summed E-state index contributed by atoms with van der Waals surface area (Å²) in [7, 11) is 1.54. The molecule has 1 amide bonds. The van der Waals surface area contributed by atoms with E-state index >= 15 is 0 Å². The molecular formula is C21H25F2NO4. The third-order valence-electron chi connectivity index (χ3n) is 3.81. The minimum Gasteiger partial charge on any atom is -0.497 e. The minimum atomic E-state index is -2.95. The van der Waals surface area contributed by atoms with Crippen molar-refractivity contribution in [3.05, 3.63) is 42.5 Å². The van der Waals surface area contributed by atoms with Gasteiger partial charge < -0.3 is 19.5 Å². The number of benzene rings is 2. The molecule has 0 aliphatic rings. The molecule has 7 heteroatoms. The Morgan fingerprint density at radius 3 is 2.43 bits per heavy atom. The maximum Gasteiger partial charge on any atom is 0.387 e. The lowest BCUT2D eigenvalue weighted by Crippen LogP contribution is -2.15. The number of alkyl halides is 2. The zero-order valence-corrected chi connectivity index (χ0v) is 16.2. The summed E-state index contributed by atoms with van der Waals surface area (Å²) in [6, 6.07) is 11.5. The number of rotatable bonds is 10. The van der Waals surface area contributed by atoms with E-state index < -0.39 is 6.61 Å². The van der Waals surface area contributed by atoms with Crippen molar-refractivity contribution in [2.45, 2.75) is 26.9 Å². The number of methoxy groups -OCH3 is 1. The molecule has 0 aromatic heterocycles. The molecule has 0 saturated heterocycles. The van der Waals surface area contributed by atoms with Crippen LogP contribution in [0.15, 0.2) is 42.5 Å². The van der Waals surface area contributed by atoms with E-state index in [-0.39, 0.29) is 18.1 Å². The molecule has 0 spiro atoms. The third kappa shape index (κ3) is 6.81. The van der Waals surface area contributed by atoms with E-state index in [2.05, 4.69) is 10.1 Å². The summed E-state index contributed by atoms with van der Waals surface area (Å²) in [6.45, 7) is 2.03. The fourth-order valence-electron chi connectivity index (χ4n) is 2.51. The van der Waals surface area contributed by atoms with E-state index in [9.17, 15) is 13.6 Å². The number of hydrogen-bond acceptors (Lipinski definition) is 4. The zero-order chi connectivity index (χ0) is 20.5. The van der Waals surface area contributed by atoms with E-state index in [1.807, 2.05) is 13.8 Å². The largest absolute Gasteiger partial charge is 0.497 e. The van der Waals surface area contributed by atoms with Gasteiger partial charge in [0.15, 0.2) is 0 Å². The van der Waals surface area contributed by atoms with Gasteiger partial charge in [0.05, 0.1) is 20.1 Å². The minimum absolute atomic E-state index is 0.0263. The van der Waals surface area contributed by atoms with Crippen LogP contribution in [0.2, 0.25) is 0 Å². The van der Waals surface area contributed by atoms with Gasteiger partial charge in [-0.2, -0.15) is 8.78 Å². The van der Waals surface area contributed by atoms with E-state index in [1.54, 1.807) is 37.4 Å². The summed E-state index contributed by atoms with van der Waals surface area (Å²) in [5, 5.41) is 2.76. The van der Waals surface area contributed by atoms with E-state index in [0.29, 0.717) is 41.7 Å². The Balaban J connectivity index is 2.14. The first-order valence-corrected chi connectivity index (χ1v) is 9.00. The molecule has 5 nitrogen and oxygen atoms in total. The summed E-state index contributed by atoms with van der Waals surface area (Å²) >= 11 is 0. The fourth-order valence-corrected chi connectivity index (χ4v) is 2.51. The van der Waals surface area contributed by atoms with Crippen LogP contribution in [0, 0.1) is 5.92 Å². The van der Waals surface area contributed by atoms with Crippen molar-refractivity contribution in [1.82, 2.24) is 0 Å². The van der Waals surface area contributed by atoms with Crippen LogP contribution in [0.5, 0.6) is 11.5 Å². The second-order valence-electron chi connectivity index (χ2n) is 6.58. The summed E-state index contributed by atoms with van der Waals surface area (Å²) < 4.78 is 40.6. The number of anilines is 1. The summed E-state index contributed by atoms with van der Waals surface area (Å²) in [5.74, 6) is 0.855. The maximum atomic E-state index is 12.7. The molecule has 0 unspecified atom stereocenters. The highest BCUT2D eigenvalue weighted by molar-refractivity contribution is 5.92. The standard InChI is InChI=1S/C21H25F2NO4/c1-14(2)13-27-11-10-20(25)24-16-6-9-19(28-21(22)23)18(12-16)15-4-7-17(26-3)8-5-15/h4-9,12,14,21H,10-11,13H2,1-3H3,(H,24,25). The molecular weight excluding hydrogens is 368 g/mol. The van der Waals surface area contributed by atoms with E-state index in [1.165, 1.54) is 12.1 Å². The van der Waals surface area contributed by atoms with Crippen molar-refractivity contribution in [2.75, 3.05) is 25.6 Å². The third-order valence-corrected chi connectivity index (χ3v) is 3.81. The van der Waals surface area contributed by atoms with Gasteiger partial charge in [0.1, 0.15) is 11.5 Å². The lowest BCUT2D eigenvalue weighted by Gasteiger charge is -2.14. The Hall–Kier alpha value is -2.67. The molecule has 2 aromatic rings. The molecule has 0 atom stereocenters. The Kier molecular flexibility index (Phi) is 8.19. The van der Waals surface area contributed by atoms with Crippen molar-refractivity contribution in [1.29, 1.82) is 0 Å². The normalized spacial score (nSPS) is 11.0. The molecule has 0 heterocycles. The van der Waals surface area contributed by atoms with Crippen molar-refractivity contribution >= 4 is 11.6 Å². The van der Waals surface area contributed by atoms with Crippen LogP contribution in [-0.2, 0) is 9.53 Å². The van der Waals surface area contributed by atoms with Gasteiger partial charge in [-0.05, 0) is 41.8 Å². The van der Waals surface area contributed by atoms with Crippen LogP contribution >= 0.6 is 0 Å². The first-order valence-electron chi connectivity index (χ1n) is 9.00. The van der Waals surface area contributed by atoms with Crippen LogP contribution in [0.25, 0.3) is 11.1 Å². The molecule has 0 fully saturated rings. The number of hydrogen-bond donors (Lipinski definition) is 1. The van der Waals surface area contributed by atoms with Crippen molar-refractivity contribution < 1.29 is 27.8 Å². The number of halogens is 2. The number of carbonyl (C=O) groups is 1. The predicted octanol–water partition coefficient (Wildman–Crippen LogP) is 4.96. The molecule has 2 rings (SSSR count). The molecule has 1 N–H and O–H groups in total. The lowest BCUT2D eigenvalue weighted by molar-refractivity contribution is -0.117. The summed E-state index contributed by atoms with van der Waals surface area (Å²) in [6.07, 6.45) is 0.208. The average Bonchev–Trinajstić information content (AvgIpc) is 2.66. The Labute approximate surface area is 163 Å². The number of carbonyl (C=O) groups excluding carboxylic acids is 1. The Morgan fingerprint density at radius 1 is 1.11 bits per heavy atom. The predicted molar refractivity (Wildman–Crippen MR) is 104 cm³/mol. The van der Waals surface area contributed by atoms with Crippen LogP contribution < -0.4 is 14.8 Å². The van der Waals surface area contributed by atoms with Crippen molar-refractivity contribution in [3.8, 4) is 22.6 Å². The van der Waals surface area contributed by atoms with Gasteiger partial charge in [-0.25, -0.2) is 0 Å². The van der Waals surface area contributed by atoms with Gasteiger partial charge in [0.2, 0.25) is 5.91 Å². The quantitative estimate of drug-likeness (QED) is 0.580. The molecule has 2 aromatic carbocycles. The van der Waals surface area contributed by atoms with E-state index in [0.717, 1.165) is 0 Å². The summed E-state index contributed by atoms with van der Waals surface area (Å²) in [5.41, 5.74) is 1.59. The second kappa shape index (κ2) is 10.6. The number of nitrogens with one attached hydrogen (secondary N) is 1. The van der Waals surface area contributed by atoms with Gasteiger partial charge in [0, 0.05) is 17.9 Å². The molecule has 0 aliphatic heterocycles. The molecule has 0 radical (unpaired) electrons. The highest BCUT2D eigenvalue weighted by Crippen LogP contribution is 2.34. The van der Waals surface area contributed by atoms with Crippen molar-refractivity contribution in [2.24, 2.45) is 5.92 Å². The number of ether oxygens (including phenoxy) is 3. The molecule has 28 heavy (non-hydrogen) atoms. The zero-order valence-electron chi connectivity index (χ0n) is 16.2. The molecule has 0 saturated carbocycles. The Bertz CT molecular complexity index is 764. The molecule has 0 aliphatic carbocycles. The SMILES string of the molecule is COc1ccc(-c2cc(NC(=O)CCOCC(C)C)ccc2OC(F)F)cc1. The number of amides is 1. The highest BCUT2D eigenvalue weighted by atomic mass is 19.3. The van der Waals surface area contributed by atoms with Gasteiger partial charge >= 0.3 is 6.61 Å². The second-order valence-corrected chi connectivity index (χ2v) is 6.58. The van der Waals surface area contributed by atoms with Gasteiger partial charge in [-0.15, -0.1) is 0 Å². The van der Waals surface area contributed by atoms with Crippen LogP contribution in [0.1, 0.15) is 20.3 Å². The highest BCUT2D eigenvalue weighted by Gasteiger charge is 2.13. The monoisotopic (exact) mass is 393 g/mol. The van der Waals surface area contributed by atoms with E-state index in [4.69, 9.17) is 9.47 Å². The van der Waals surface area contributed by atoms with Crippen LogP contribution in [0.3, 0.4) is 0 Å². The maximum absolute atomic E-state index is 12.7. The van der Waals surface area contributed by atoms with Gasteiger partial charge in [-0.1, -0.05) is 26.0 Å². The topological polar surface area (TPSA) is 56.8 Å². The first-order chi connectivity index (χ1) is 13.4. The first kappa shape index (κ1) is 21.6. The molecule has 0 bridgehead atoms. The van der Waals surface area contributed by atoms with Crippen molar-refractivity contribution in [3.63, 3.8) is 0 Å². The van der Waals surface area contributed by atoms with Crippen LogP contribution in [-0.4, -0.2) is 32.8 Å². The summed E-state index contributed by atoms with van der Waals surface area (Å²) in [4.78, 5) is 12.1. The lowest BCUT2D eigenvalue weighted by atomic mass is 10.0. The smallest absolute Gasteiger partial charge is 0.387 e. The fraction of sp³-hybridized carbons (Fsp3) is 0.381. The average molecular weight is 393 g/mol. The van der Waals surface area contributed by atoms with Crippen LogP contribution in [0.4, 0.5) is 14.5 Å². The molecule has 152 valence electrons. The van der Waals surface area contributed by atoms with Gasteiger partial charge in [-0.3, -0.25) is 4.79 Å². The Morgan fingerprint density at radius 2 is 1.82 bits per heavy atom.